The zero-order valence-electron chi connectivity index (χ0n) is 21.9. The van der Waals surface area contributed by atoms with Crippen molar-refractivity contribution >= 4 is 0 Å². The molecule has 0 aromatic rings. The predicted molar refractivity (Wildman–Crippen MR) is 139 cm³/mol. The highest BCUT2D eigenvalue weighted by molar-refractivity contribution is 4.54. The first-order valence-electron chi connectivity index (χ1n) is 14.2. The maximum atomic E-state index is 9.36. The van der Waals surface area contributed by atoms with Crippen molar-refractivity contribution in [3.05, 3.63) is 0 Å². The Bertz CT molecular complexity index is 282. The largest absolute Gasteiger partial charge is 0.396 e. The molecule has 0 aromatic carbocycles. The topological polar surface area (TPSA) is 80.9 Å². The monoisotopic (exact) mass is 460 g/mol. The number of aliphatic hydroxyl groups is 4. The Morgan fingerprint density at radius 1 is 0.375 bits per heavy atom. The maximum absolute atomic E-state index is 9.36. The molecule has 4 heteroatoms. The number of rotatable bonds is 24. The second kappa shape index (κ2) is 30.8. The fourth-order valence-corrected chi connectivity index (χ4v) is 3.87. The minimum absolute atomic E-state index is 0.0709. The van der Waals surface area contributed by atoms with Gasteiger partial charge in [0, 0.05) is 13.2 Å². The van der Waals surface area contributed by atoms with Crippen molar-refractivity contribution in [3.63, 3.8) is 0 Å². The molecule has 0 bridgehead atoms. The number of unbranched alkanes of at least 4 members (excludes halogenated alkanes) is 16. The smallest absolute Gasteiger partial charge is 0.0537 e. The predicted octanol–water partition coefficient (Wildman–Crippen LogP) is 7.30. The lowest BCUT2D eigenvalue weighted by atomic mass is 10.0. The lowest BCUT2D eigenvalue weighted by Gasteiger charge is -2.06. The van der Waals surface area contributed by atoms with Crippen LogP contribution in [0.25, 0.3) is 0 Å². The van der Waals surface area contributed by atoms with Crippen LogP contribution in [0.2, 0.25) is 0 Å². The summed E-state index contributed by atoms with van der Waals surface area (Å²) in [6.07, 6.45) is 26.0. The summed E-state index contributed by atoms with van der Waals surface area (Å²) in [4.78, 5) is 0. The number of aliphatic hydroxyl groups excluding tert-OH is 4. The first-order chi connectivity index (χ1) is 15.6. The molecule has 196 valence electrons. The number of hydrogen-bond acceptors (Lipinski definition) is 4. The molecule has 0 aliphatic rings. The van der Waals surface area contributed by atoms with Crippen molar-refractivity contribution in [1.29, 1.82) is 0 Å². The van der Waals surface area contributed by atoms with Gasteiger partial charge in [0.15, 0.2) is 0 Å². The van der Waals surface area contributed by atoms with Crippen molar-refractivity contribution in [2.24, 2.45) is 0 Å². The van der Waals surface area contributed by atoms with Gasteiger partial charge in [-0.2, -0.15) is 0 Å². The first kappa shape index (κ1) is 34.0. The van der Waals surface area contributed by atoms with E-state index in [0.717, 1.165) is 38.5 Å². The lowest BCUT2D eigenvalue weighted by Crippen LogP contribution is -2.03. The molecule has 0 rings (SSSR count). The van der Waals surface area contributed by atoms with E-state index in [1.54, 1.807) is 0 Å². The molecule has 2 unspecified atom stereocenters. The van der Waals surface area contributed by atoms with Crippen LogP contribution in [0.3, 0.4) is 0 Å². The summed E-state index contributed by atoms with van der Waals surface area (Å²) in [6.45, 7) is 4.77. The fraction of sp³-hybridized carbons (Fsp3) is 1.00. The van der Waals surface area contributed by atoms with E-state index in [-0.39, 0.29) is 12.2 Å². The van der Waals surface area contributed by atoms with Crippen LogP contribution in [-0.4, -0.2) is 45.8 Å². The average molecular weight is 461 g/mol. The molecule has 32 heavy (non-hydrogen) atoms. The molecule has 0 saturated carbocycles. The van der Waals surface area contributed by atoms with E-state index in [2.05, 4.69) is 0 Å². The Morgan fingerprint density at radius 3 is 0.812 bits per heavy atom. The van der Waals surface area contributed by atoms with E-state index in [1.807, 2.05) is 13.8 Å². The van der Waals surface area contributed by atoms with Crippen LogP contribution >= 0.6 is 0 Å². The zero-order chi connectivity index (χ0) is 24.1. The van der Waals surface area contributed by atoms with Gasteiger partial charge >= 0.3 is 0 Å². The van der Waals surface area contributed by atoms with E-state index < -0.39 is 0 Å². The lowest BCUT2D eigenvalue weighted by molar-refractivity contribution is 0.156. The van der Waals surface area contributed by atoms with Crippen LogP contribution in [0.1, 0.15) is 155 Å². The van der Waals surface area contributed by atoms with E-state index in [9.17, 15) is 10.2 Å². The quantitative estimate of drug-likeness (QED) is 0.114. The van der Waals surface area contributed by atoms with Crippen LogP contribution in [-0.2, 0) is 0 Å². The van der Waals surface area contributed by atoms with E-state index in [1.165, 1.54) is 103 Å². The second-order valence-corrected chi connectivity index (χ2v) is 9.51. The van der Waals surface area contributed by atoms with Gasteiger partial charge in [-0.1, -0.05) is 117 Å². The Hall–Kier alpha value is -0.160. The summed E-state index contributed by atoms with van der Waals surface area (Å²) in [7, 11) is 0. The second-order valence-electron chi connectivity index (χ2n) is 9.51. The molecule has 0 aromatic heterocycles. The van der Waals surface area contributed by atoms with Gasteiger partial charge in [-0.25, -0.2) is 0 Å². The third-order valence-electron chi connectivity index (χ3n) is 6.33. The minimum Gasteiger partial charge on any atom is -0.396 e. The molecule has 0 heterocycles. The Labute approximate surface area is 201 Å². The van der Waals surface area contributed by atoms with Gasteiger partial charge in [0.05, 0.1) is 12.2 Å². The summed E-state index contributed by atoms with van der Waals surface area (Å²) in [5.41, 5.74) is 0. The summed E-state index contributed by atoms with van der Waals surface area (Å²) in [6, 6.07) is 0. The van der Waals surface area contributed by atoms with Gasteiger partial charge < -0.3 is 20.4 Å². The summed E-state index contributed by atoms with van der Waals surface area (Å²) < 4.78 is 0. The van der Waals surface area contributed by atoms with E-state index in [0.29, 0.717) is 13.2 Å². The Balaban J connectivity index is 0. The highest BCUT2D eigenvalue weighted by Crippen LogP contribution is 2.13. The molecule has 0 saturated heterocycles. The van der Waals surface area contributed by atoms with E-state index in [4.69, 9.17) is 10.2 Å². The summed E-state index contributed by atoms with van der Waals surface area (Å²) in [5, 5.41) is 35.9. The standard InChI is InChI=1S/2C14H30O2/c2*1-2-14(16)12-10-8-6-4-3-5-7-9-11-13-15/h2*14-16H,2-13H2,1H3. The first-order valence-corrected chi connectivity index (χ1v) is 14.2. The van der Waals surface area contributed by atoms with Crippen molar-refractivity contribution in [3.8, 4) is 0 Å². The van der Waals surface area contributed by atoms with Gasteiger partial charge in [0.1, 0.15) is 0 Å². The van der Waals surface area contributed by atoms with Crippen LogP contribution in [0.15, 0.2) is 0 Å². The normalized spacial score (nSPS) is 12.9. The molecular weight excluding hydrogens is 400 g/mol. The molecule has 4 nitrogen and oxygen atoms in total. The number of hydrogen-bond donors (Lipinski definition) is 4. The molecule has 4 N–H and O–H groups in total. The fourth-order valence-electron chi connectivity index (χ4n) is 3.87. The van der Waals surface area contributed by atoms with Crippen LogP contribution in [0.4, 0.5) is 0 Å². The molecule has 0 radical (unpaired) electrons. The summed E-state index contributed by atoms with van der Waals surface area (Å²) >= 11 is 0. The Kier molecular flexibility index (Phi) is 32.8. The highest BCUT2D eigenvalue weighted by atomic mass is 16.3. The van der Waals surface area contributed by atoms with Crippen LogP contribution in [0, 0.1) is 0 Å². The highest BCUT2D eigenvalue weighted by Gasteiger charge is 2.00. The van der Waals surface area contributed by atoms with E-state index >= 15 is 0 Å². The molecule has 2 atom stereocenters. The maximum Gasteiger partial charge on any atom is 0.0537 e. The molecule has 0 aliphatic carbocycles. The van der Waals surface area contributed by atoms with Crippen molar-refractivity contribution < 1.29 is 20.4 Å². The van der Waals surface area contributed by atoms with Crippen LogP contribution < -0.4 is 0 Å². The van der Waals surface area contributed by atoms with Crippen molar-refractivity contribution in [2.75, 3.05) is 13.2 Å². The minimum atomic E-state index is -0.0709. The van der Waals surface area contributed by atoms with Crippen LogP contribution in [0.5, 0.6) is 0 Å². The molecule has 0 amide bonds. The average Bonchev–Trinajstić information content (AvgIpc) is 2.81. The third kappa shape index (κ3) is 32.0. The van der Waals surface area contributed by atoms with Crippen molar-refractivity contribution in [1.82, 2.24) is 0 Å². The molecular formula is C28H60O4. The van der Waals surface area contributed by atoms with Gasteiger partial charge in [-0.05, 0) is 38.5 Å². The Morgan fingerprint density at radius 2 is 0.594 bits per heavy atom. The van der Waals surface area contributed by atoms with Crippen molar-refractivity contribution in [2.45, 2.75) is 167 Å². The molecule has 0 aliphatic heterocycles. The zero-order valence-corrected chi connectivity index (χ0v) is 21.9. The molecule has 0 fully saturated rings. The van der Waals surface area contributed by atoms with Gasteiger partial charge in [0.25, 0.3) is 0 Å². The van der Waals surface area contributed by atoms with Gasteiger partial charge in [-0.15, -0.1) is 0 Å². The third-order valence-corrected chi connectivity index (χ3v) is 6.33. The van der Waals surface area contributed by atoms with Gasteiger partial charge in [-0.3, -0.25) is 0 Å². The van der Waals surface area contributed by atoms with Gasteiger partial charge in [0.2, 0.25) is 0 Å². The summed E-state index contributed by atoms with van der Waals surface area (Å²) in [5.74, 6) is 0. The molecule has 0 spiro atoms. The SMILES string of the molecule is CCC(O)CCCCCCCCCCCO.CCC(O)CCCCCCCCCCCO.